The number of piperidine rings is 1. The van der Waals surface area contributed by atoms with E-state index in [0.717, 1.165) is 37.5 Å². The second kappa shape index (κ2) is 10.3. The van der Waals surface area contributed by atoms with Crippen LogP contribution < -0.4 is 5.32 Å². The summed E-state index contributed by atoms with van der Waals surface area (Å²) in [6, 6.07) is 16.9. The van der Waals surface area contributed by atoms with Gasteiger partial charge in [-0.2, -0.15) is 0 Å². The van der Waals surface area contributed by atoms with Gasteiger partial charge in [0.1, 0.15) is 0 Å². The minimum absolute atomic E-state index is 0.121. The molecule has 0 spiro atoms. The molecule has 0 saturated carbocycles. The topological polar surface area (TPSA) is 45.2 Å². The van der Waals surface area contributed by atoms with Crippen LogP contribution in [0.15, 0.2) is 54.7 Å². The van der Waals surface area contributed by atoms with Crippen molar-refractivity contribution in [3.05, 3.63) is 66.0 Å². The summed E-state index contributed by atoms with van der Waals surface area (Å²) < 4.78 is 0. The van der Waals surface area contributed by atoms with E-state index in [2.05, 4.69) is 45.5 Å². The second-order valence-corrected chi connectivity index (χ2v) is 7.71. The molecule has 3 rings (SSSR count). The zero-order valence-electron chi connectivity index (χ0n) is 15.1. The molecular formula is C21H27N3OS. The number of aromatic nitrogens is 1. The number of likely N-dealkylation sites (tertiary alicyclic amines) is 1. The third-order valence-corrected chi connectivity index (χ3v) is 5.69. The molecular weight excluding hydrogens is 342 g/mol. The average Bonchev–Trinajstić information content (AvgIpc) is 2.69. The molecule has 1 N–H and O–H groups in total. The first kappa shape index (κ1) is 18.9. The van der Waals surface area contributed by atoms with Crippen LogP contribution in [0.4, 0.5) is 0 Å². The lowest BCUT2D eigenvalue weighted by Gasteiger charge is -2.35. The summed E-state index contributed by atoms with van der Waals surface area (Å²) in [6.07, 6.45) is 5.45. The SMILES string of the molecule is O=C(CSCc1ccccn1)NCC1CCCCN1Cc1ccccc1. The number of thioether (sulfide) groups is 1. The summed E-state index contributed by atoms with van der Waals surface area (Å²) >= 11 is 1.62. The third-order valence-electron chi connectivity index (χ3n) is 4.72. The molecule has 1 aromatic heterocycles. The summed E-state index contributed by atoms with van der Waals surface area (Å²) in [4.78, 5) is 19.0. The van der Waals surface area contributed by atoms with Gasteiger partial charge in [-0.15, -0.1) is 11.8 Å². The van der Waals surface area contributed by atoms with Crippen molar-refractivity contribution < 1.29 is 4.79 Å². The number of pyridine rings is 1. The molecule has 1 amide bonds. The number of rotatable bonds is 8. The van der Waals surface area contributed by atoms with Crippen LogP contribution in [0.5, 0.6) is 0 Å². The Morgan fingerprint density at radius 2 is 2.00 bits per heavy atom. The van der Waals surface area contributed by atoms with Gasteiger partial charge in [-0.25, -0.2) is 0 Å². The van der Waals surface area contributed by atoms with Crippen LogP contribution in [0.1, 0.15) is 30.5 Å². The van der Waals surface area contributed by atoms with E-state index in [1.165, 1.54) is 18.4 Å². The zero-order chi connectivity index (χ0) is 18.0. The van der Waals surface area contributed by atoms with Gasteiger partial charge < -0.3 is 5.32 Å². The van der Waals surface area contributed by atoms with Crippen LogP contribution in [0.2, 0.25) is 0 Å². The molecule has 2 heterocycles. The molecule has 1 fully saturated rings. The van der Waals surface area contributed by atoms with Crippen molar-refractivity contribution in [3.63, 3.8) is 0 Å². The maximum atomic E-state index is 12.2. The molecule has 26 heavy (non-hydrogen) atoms. The number of carbonyl (C=O) groups excluding carboxylic acids is 1. The number of nitrogens with one attached hydrogen (secondary N) is 1. The monoisotopic (exact) mass is 369 g/mol. The second-order valence-electron chi connectivity index (χ2n) is 6.72. The van der Waals surface area contributed by atoms with Gasteiger partial charge in [0.05, 0.1) is 11.4 Å². The van der Waals surface area contributed by atoms with Crippen LogP contribution in [0, 0.1) is 0 Å². The molecule has 4 nitrogen and oxygen atoms in total. The number of hydrogen-bond donors (Lipinski definition) is 1. The molecule has 0 bridgehead atoms. The lowest BCUT2D eigenvalue weighted by molar-refractivity contribution is -0.118. The highest BCUT2D eigenvalue weighted by molar-refractivity contribution is 7.99. The summed E-state index contributed by atoms with van der Waals surface area (Å²) in [7, 11) is 0. The molecule has 5 heteroatoms. The van der Waals surface area contributed by atoms with Crippen molar-refractivity contribution in [1.82, 2.24) is 15.2 Å². The fraction of sp³-hybridized carbons (Fsp3) is 0.429. The summed E-state index contributed by atoms with van der Waals surface area (Å²) in [6.45, 7) is 2.83. The highest BCUT2D eigenvalue weighted by atomic mass is 32.2. The van der Waals surface area contributed by atoms with Crippen molar-refractivity contribution in [3.8, 4) is 0 Å². The number of benzene rings is 1. The number of carbonyl (C=O) groups is 1. The van der Waals surface area contributed by atoms with E-state index in [1.807, 2.05) is 18.2 Å². The van der Waals surface area contributed by atoms with Gasteiger partial charge >= 0.3 is 0 Å². The van der Waals surface area contributed by atoms with Crippen molar-refractivity contribution in [2.45, 2.75) is 37.6 Å². The molecule has 1 atom stereocenters. The smallest absolute Gasteiger partial charge is 0.230 e. The van der Waals surface area contributed by atoms with Crippen LogP contribution in [-0.2, 0) is 17.1 Å². The molecule has 0 radical (unpaired) electrons. The van der Waals surface area contributed by atoms with Crippen molar-refractivity contribution in [2.75, 3.05) is 18.8 Å². The minimum atomic E-state index is 0.121. The van der Waals surface area contributed by atoms with Gasteiger partial charge in [-0.3, -0.25) is 14.7 Å². The lowest BCUT2D eigenvalue weighted by Crippen LogP contribution is -2.46. The Balaban J connectivity index is 1.40. The quantitative estimate of drug-likeness (QED) is 0.774. The Morgan fingerprint density at radius 1 is 1.15 bits per heavy atom. The lowest BCUT2D eigenvalue weighted by atomic mass is 10.0. The fourth-order valence-electron chi connectivity index (χ4n) is 3.33. The van der Waals surface area contributed by atoms with Crippen LogP contribution in [0.3, 0.4) is 0 Å². The predicted octanol–water partition coefficient (Wildman–Crippen LogP) is 3.49. The van der Waals surface area contributed by atoms with Gasteiger partial charge in [-0.05, 0) is 37.1 Å². The third kappa shape index (κ3) is 6.15. The normalized spacial score (nSPS) is 17.8. The summed E-state index contributed by atoms with van der Waals surface area (Å²) in [5.74, 6) is 1.39. The van der Waals surface area contributed by atoms with E-state index in [0.29, 0.717) is 11.8 Å². The fourth-order valence-corrected chi connectivity index (χ4v) is 4.10. The largest absolute Gasteiger partial charge is 0.354 e. The minimum Gasteiger partial charge on any atom is -0.354 e. The van der Waals surface area contributed by atoms with Crippen molar-refractivity contribution >= 4 is 17.7 Å². The number of hydrogen-bond acceptors (Lipinski definition) is 4. The molecule has 0 aliphatic carbocycles. The highest BCUT2D eigenvalue weighted by Crippen LogP contribution is 2.19. The van der Waals surface area contributed by atoms with Crippen LogP contribution in [0.25, 0.3) is 0 Å². The van der Waals surface area contributed by atoms with Crippen LogP contribution >= 0.6 is 11.8 Å². The van der Waals surface area contributed by atoms with Gasteiger partial charge in [0.15, 0.2) is 0 Å². The maximum absolute atomic E-state index is 12.2. The van der Waals surface area contributed by atoms with Crippen molar-refractivity contribution in [1.29, 1.82) is 0 Å². The van der Waals surface area contributed by atoms with E-state index >= 15 is 0 Å². The zero-order valence-corrected chi connectivity index (χ0v) is 16.0. The Kier molecular flexibility index (Phi) is 7.52. The molecule has 1 aliphatic heterocycles. The van der Waals surface area contributed by atoms with Gasteiger partial charge in [0.2, 0.25) is 5.91 Å². The molecule has 2 aromatic rings. The van der Waals surface area contributed by atoms with E-state index in [4.69, 9.17) is 0 Å². The Bertz CT molecular complexity index is 665. The van der Waals surface area contributed by atoms with Crippen molar-refractivity contribution in [2.24, 2.45) is 0 Å². The Labute approximate surface area is 160 Å². The van der Waals surface area contributed by atoms with Crippen LogP contribution in [-0.4, -0.2) is 40.7 Å². The summed E-state index contributed by atoms with van der Waals surface area (Å²) in [5, 5.41) is 3.13. The molecule has 1 aliphatic rings. The van der Waals surface area contributed by atoms with E-state index < -0.39 is 0 Å². The van der Waals surface area contributed by atoms with Gasteiger partial charge in [-0.1, -0.05) is 42.8 Å². The first-order valence-electron chi connectivity index (χ1n) is 9.33. The Morgan fingerprint density at radius 3 is 2.81 bits per heavy atom. The Hall–Kier alpha value is -1.85. The predicted molar refractivity (Wildman–Crippen MR) is 108 cm³/mol. The van der Waals surface area contributed by atoms with E-state index in [-0.39, 0.29) is 5.91 Å². The van der Waals surface area contributed by atoms with Gasteiger partial charge in [0.25, 0.3) is 0 Å². The van der Waals surface area contributed by atoms with Gasteiger partial charge in [0, 0.05) is 31.1 Å². The molecule has 138 valence electrons. The average molecular weight is 370 g/mol. The molecule has 1 saturated heterocycles. The highest BCUT2D eigenvalue weighted by Gasteiger charge is 2.22. The first-order chi connectivity index (χ1) is 12.8. The van der Waals surface area contributed by atoms with E-state index in [9.17, 15) is 4.79 Å². The maximum Gasteiger partial charge on any atom is 0.230 e. The standard InChI is InChI=1S/C21H27N3OS/c25-21(17-26-16-19-10-4-6-12-22-19)23-14-20-11-5-7-13-24(20)15-18-8-2-1-3-9-18/h1-4,6,8-10,12,20H,5,7,11,13-17H2,(H,23,25). The molecule has 1 aromatic carbocycles. The van der Waals surface area contributed by atoms with E-state index in [1.54, 1.807) is 18.0 Å². The number of nitrogens with zero attached hydrogens (tertiary/aromatic N) is 2. The first-order valence-corrected chi connectivity index (χ1v) is 10.5. The number of amides is 1. The molecule has 1 unspecified atom stereocenters. The summed E-state index contributed by atoms with van der Waals surface area (Å²) in [5.41, 5.74) is 2.36.